The van der Waals surface area contributed by atoms with Gasteiger partial charge in [0.15, 0.2) is 0 Å². The van der Waals surface area contributed by atoms with Gasteiger partial charge in [-0.3, -0.25) is 9.59 Å². The smallest absolute Gasteiger partial charge is 0.224 e. The Labute approximate surface area is 127 Å². The first kappa shape index (κ1) is 17.2. The number of nitrogens with one attached hydrogen (secondary N) is 2. The van der Waals surface area contributed by atoms with Crippen LogP contribution in [-0.2, 0) is 9.59 Å². The van der Waals surface area contributed by atoms with Gasteiger partial charge in [0, 0.05) is 32.6 Å². The molecule has 20 heavy (non-hydrogen) atoms. The third-order valence-electron chi connectivity index (χ3n) is 4.03. The normalized spacial score (nSPS) is 22.8. The van der Waals surface area contributed by atoms with Crippen LogP contribution < -0.4 is 10.6 Å². The Bertz CT molecular complexity index is 312. The van der Waals surface area contributed by atoms with E-state index < -0.39 is 0 Å². The van der Waals surface area contributed by atoms with Crippen LogP contribution in [0.15, 0.2) is 0 Å². The monoisotopic (exact) mass is 303 g/mol. The van der Waals surface area contributed by atoms with Crippen LogP contribution in [0.5, 0.6) is 0 Å². The summed E-state index contributed by atoms with van der Waals surface area (Å²) in [5.41, 5.74) is 0. The highest BCUT2D eigenvalue weighted by atomic mass is 35.5. The first-order valence-electron chi connectivity index (χ1n) is 7.53. The molecule has 0 bridgehead atoms. The van der Waals surface area contributed by atoms with Crippen molar-refractivity contribution in [3.05, 3.63) is 0 Å². The SMILES string of the molecule is Cl.O=C(NCCC(=O)N1CCCCCC1)C1CCNC1. The summed E-state index contributed by atoms with van der Waals surface area (Å²) in [5.74, 6) is 0.369. The van der Waals surface area contributed by atoms with Crippen molar-refractivity contribution in [3.8, 4) is 0 Å². The fraction of sp³-hybridized carbons (Fsp3) is 0.857. The molecular weight excluding hydrogens is 278 g/mol. The Morgan fingerprint density at radius 3 is 2.45 bits per heavy atom. The molecule has 0 aromatic heterocycles. The molecule has 0 radical (unpaired) electrons. The predicted molar refractivity (Wildman–Crippen MR) is 80.9 cm³/mol. The molecule has 6 heteroatoms. The molecule has 2 fully saturated rings. The van der Waals surface area contributed by atoms with Crippen LogP contribution in [0.1, 0.15) is 38.5 Å². The second kappa shape index (κ2) is 9.19. The molecular formula is C14H26ClN3O2. The van der Waals surface area contributed by atoms with Crippen LogP contribution in [0.3, 0.4) is 0 Å². The molecule has 0 aromatic rings. The Hall–Kier alpha value is -0.810. The van der Waals surface area contributed by atoms with Crippen molar-refractivity contribution in [2.45, 2.75) is 38.5 Å². The average molecular weight is 304 g/mol. The molecule has 2 amide bonds. The highest BCUT2D eigenvalue weighted by Gasteiger charge is 2.22. The first-order valence-corrected chi connectivity index (χ1v) is 7.53. The van der Waals surface area contributed by atoms with Crippen LogP contribution in [-0.4, -0.2) is 49.4 Å². The summed E-state index contributed by atoms with van der Waals surface area (Å²) in [7, 11) is 0. The molecule has 0 spiro atoms. The van der Waals surface area contributed by atoms with E-state index in [1.165, 1.54) is 12.8 Å². The number of rotatable bonds is 4. The maximum absolute atomic E-state index is 12.0. The summed E-state index contributed by atoms with van der Waals surface area (Å²) in [4.78, 5) is 25.8. The lowest BCUT2D eigenvalue weighted by molar-refractivity contribution is -0.131. The van der Waals surface area contributed by atoms with E-state index in [0.29, 0.717) is 13.0 Å². The van der Waals surface area contributed by atoms with Gasteiger partial charge in [-0.2, -0.15) is 0 Å². The molecule has 2 heterocycles. The maximum atomic E-state index is 12.0. The number of amides is 2. The minimum Gasteiger partial charge on any atom is -0.355 e. The van der Waals surface area contributed by atoms with E-state index in [4.69, 9.17) is 0 Å². The van der Waals surface area contributed by atoms with Crippen LogP contribution in [0.2, 0.25) is 0 Å². The zero-order valence-corrected chi connectivity index (χ0v) is 12.8. The summed E-state index contributed by atoms with van der Waals surface area (Å²) in [5, 5.41) is 6.06. The summed E-state index contributed by atoms with van der Waals surface area (Å²) >= 11 is 0. The minimum atomic E-state index is 0. The molecule has 5 nitrogen and oxygen atoms in total. The predicted octanol–water partition coefficient (Wildman–Crippen LogP) is 0.927. The van der Waals surface area contributed by atoms with Crippen molar-refractivity contribution in [1.82, 2.24) is 15.5 Å². The summed E-state index contributed by atoms with van der Waals surface area (Å²) in [6.45, 7) is 3.94. The van der Waals surface area contributed by atoms with E-state index in [-0.39, 0.29) is 30.1 Å². The van der Waals surface area contributed by atoms with Crippen molar-refractivity contribution in [2.24, 2.45) is 5.92 Å². The van der Waals surface area contributed by atoms with Gasteiger partial charge in [-0.15, -0.1) is 12.4 Å². The Balaban J connectivity index is 0.00000200. The molecule has 2 rings (SSSR count). The Kier molecular flexibility index (Phi) is 7.92. The van der Waals surface area contributed by atoms with Gasteiger partial charge < -0.3 is 15.5 Å². The van der Waals surface area contributed by atoms with Crippen molar-refractivity contribution >= 4 is 24.2 Å². The first-order chi connectivity index (χ1) is 9.27. The van der Waals surface area contributed by atoms with Crippen molar-refractivity contribution in [3.63, 3.8) is 0 Å². The maximum Gasteiger partial charge on any atom is 0.224 e. The highest BCUT2D eigenvalue weighted by Crippen LogP contribution is 2.10. The second-order valence-corrected chi connectivity index (χ2v) is 5.53. The van der Waals surface area contributed by atoms with Gasteiger partial charge >= 0.3 is 0 Å². The third-order valence-corrected chi connectivity index (χ3v) is 4.03. The number of carbonyl (C=O) groups excluding carboxylic acids is 2. The van der Waals surface area contributed by atoms with Crippen LogP contribution in [0.25, 0.3) is 0 Å². The van der Waals surface area contributed by atoms with E-state index >= 15 is 0 Å². The van der Waals surface area contributed by atoms with Gasteiger partial charge in [-0.1, -0.05) is 12.8 Å². The van der Waals surface area contributed by atoms with Crippen LogP contribution >= 0.6 is 12.4 Å². The number of hydrogen-bond donors (Lipinski definition) is 2. The number of nitrogens with zero attached hydrogens (tertiary/aromatic N) is 1. The Morgan fingerprint density at radius 1 is 1.15 bits per heavy atom. The number of likely N-dealkylation sites (tertiary alicyclic amines) is 1. The molecule has 1 unspecified atom stereocenters. The minimum absolute atomic E-state index is 0. The second-order valence-electron chi connectivity index (χ2n) is 5.53. The topological polar surface area (TPSA) is 61.4 Å². The van der Waals surface area contributed by atoms with E-state index in [2.05, 4.69) is 10.6 Å². The lowest BCUT2D eigenvalue weighted by Gasteiger charge is -2.20. The zero-order chi connectivity index (χ0) is 13.5. The van der Waals surface area contributed by atoms with E-state index in [0.717, 1.165) is 45.4 Å². The van der Waals surface area contributed by atoms with Crippen LogP contribution in [0.4, 0.5) is 0 Å². The molecule has 2 aliphatic heterocycles. The third kappa shape index (κ3) is 5.29. The van der Waals surface area contributed by atoms with Gasteiger partial charge in [0.25, 0.3) is 0 Å². The van der Waals surface area contributed by atoms with Gasteiger partial charge in [-0.25, -0.2) is 0 Å². The largest absolute Gasteiger partial charge is 0.355 e. The fourth-order valence-corrected chi connectivity index (χ4v) is 2.79. The quantitative estimate of drug-likeness (QED) is 0.812. The molecule has 116 valence electrons. The van der Waals surface area contributed by atoms with Gasteiger partial charge in [0.2, 0.25) is 11.8 Å². The van der Waals surface area contributed by atoms with Gasteiger partial charge in [0.1, 0.15) is 0 Å². The lowest BCUT2D eigenvalue weighted by atomic mass is 10.1. The average Bonchev–Trinajstić information content (AvgIpc) is 2.81. The van der Waals surface area contributed by atoms with Crippen molar-refractivity contribution in [2.75, 3.05) is 32.7 Å². The molecule has 0 aromatic carbocycles. The lowest BCUT2D eigenvalue weighted by Crippen LogP contribution is -2.37. The molecule has 2 saturated heterocycles. The molecule has 0 saturated carbocycles. The van der Waals surface area contributed by atoms with Crippen molar-refractivity contribution in [1.29, 1.82) is 0 Å². The van der Waals surface area contributed by atoms with E-state index in [9.17, 15) is 9.59 Å². The summed E-state index contributed by atoms with van der Waals surface area (Å²) < 4.78 is 0. The molecule has 2 aliphatic rings. The number of carbonyl (C=O) groups is 2. The molecule has 1 atom stereocenters. The number of halogens is 1. The fourth-order valence-electron chi connectivity index (χ4n) is 2.79. The van der Waals surface area contributed by atoms with Crippen LogP contribution in [0, 0.1) is 5.92 Å². The molecule has 2 N–H and O–H groups in total. The van der Waals surface area contributed by atoms with Crippen molar-refractivity contribution < 1.29 is 9.59 Å². The van der Waals surface area contributed by atoms with E-state index in [1.54, 1.807) is 0 Å². The van der Waals surface area contributed by atoms with E-state index in [1.807, 2.05) is 4.90 Å². The van der Waals surface area contributed by atoms with Gasteiger partial charge in [0.05, 0.1) is 5.92 Å². The zero-order valence-electron chi connectivity index (χ0n) is 12.0. The Morgan fingerprint density at radius 2 is 1.85 bits per heavy atom. The summed E-state index contributed by atoms with van der Waals surface area (Å²) in [6, 6.07) is 0. The highest BCUT2D eigenvalue weighted by molar-refractivity contribution is 5.85. The molecule has 0 aliphatic carbocycles. The summed E-state index contributed by atoms with van der Waals surface area (Å²) in [6.07, 6.45) is 6.04. The number of hydrogen-bond acceptors (Lipinski definition) is 3. The standard InChI is InChI=1S/C14H25N3O2.ClH/c18-13(17-9-3-1-2-4-10-17)6-8-16-14(19)12-5-7-15-11-12;/h12,15H,1-11H2,(H,16,19);1H. The van der Waals surface area contributed by atoms with Gasteiger partial charge in [-0.05, 0) is 25.8 Å².